The fourth-order valence-corrected chi connectivity index (χ4v) is 2.91. The molecule has 1 aromatic carbocycles. The molecule has 1 aliphatic rings. The molecule has 0 amide bonds. The zero-order valence-electron chi connectivity index (χ0n) is 12.6. The van der Waals surface area contributed by atoms with Crippen LogP contribution in [-0.4, -0.2) is 25.7 Å². The molecule has 0 radical (unpaired) electrons. The number of carbonyl (C=O) groups excluding carboxylic acids is 1. The zero-order chi connectivity index (χ0) is 16.3. The summed E-state index contributed by atoms with van der Waals surface area (Å²) in [6, 6.07) is 7.96. The molecule has 0 heterocycles. The lowest BCUT2D eigenvalue weighted by Gasteiger charge is -2.10. The van der Waals surface area contributed by atoms with Gasteiger partial charge in [-0.1, -0.05) is 18.2 Å². The van der Waals surface area contributed by atoms with Crippen molar-refractivity contribution < 1.29 is 13.2 Å². The quantitative estimate of drug-likeness (QED) is 0.478. The Kier molecular flexibility index (Phi) is 4.51. The summed E-state index contributed by atoms with van der Waals surface area (Å²) >= 11 is 0. The fraction of sp³-hybridized carbons (Fsp3) is 0.188. The molecule has 0 spiro atoms. The normalized spacial score (nSPS) is 18.2. The second kappa shape index (κ2) is 6.19. The number of aliphatic imine (C=N–C) groups is 1. The summed E-state index contributed by atoms with van der Waals surface area (Å²) in [5.74, 6) is 0.0490. The number of hydrogen-bond donors (Lipinski definition) is 0. The summed E-state index contributed by atoms with van der Waals surface area (Å²) < 4.78 is 28.0. The summed E-state index contributed by atoms with van der Waals surface area (Å²) in [5.41, 5.74) is 1.86. The van der Waals surface area contributed by atoms with Crippen LogP contribution in [0.5, 0.6) is 0 Å². The number of benzene rings is 1. The summed E-state index contributed by atoms with van der Waals surface area (Å²) in [5, 5.41) is 0. The highest BCUT2D eigenvalue weighted by molar-refractivity contribution is 7.90. The fourth-order valence-electron chi connectivity index (χ4n) is 1.92. The van der Waals surface area contributed by atoms with Crippen molar-refractivity contribution in [2.45, 2.75) is 25.7 Å². The van der Waals surface area contributed by atoms with E-state index in [4.69, 9.17) is 0 Å². The number of allylic oxidation sites excluding steroid dienone is 4. The number of hydrogen-bond acceptors (Lipinski definition) is 3. The van der Waals surface area contributed by atoms with E-state index in [2.05, 4.69) is 9.39 Å². The zero-order valence-corrected chi connectivity index (χ0v) is 13.4. The highest BCUT2D eigenvalue weighted by Crippen LogP contribution is 2.15. The van der Waals surface area contributed by atoms with Crippen molar-refractivity contribution in [3.8, 4) is 0 Å². The number of carbonyl (C=O) groups is 1. The van der Waals surface area contributed by atoms with Crippen molar-refractivity contribution in [3.05, 3.63) is 53.6 Å². The lowest BCUT2D eigenvalue weighted by atomic mass is 9.97. The molecule has 0 saturated carbocycles. The average molecular weight is 316 g/mol. The lowest BCUT2D eigenvalue weighted by molar-refractivity contribution is -0.111. The maximum Gasteiger partial charge on any atom is 0.283 e. The second-order valence-corrected chi connectivity index (χ2v) is 6.48. The van der Waals surface area contributed by atoms with Crippen LogP contribution in [0.3, 0.4) is 0 Å². The van der Waals surface area contributed by atoms with Crippen LogP contribution in [0, 0.1) is 0 Å². The minimum absolute atomic E-state index is 0.0667. The summed E-state index contributed by atoms with van der Waals surface area (Å²) in [6.45, 7) is 5.00. The van der Waals surface area contributed by atoms with Crippen molar-refractivity contribution in [1.29, 1.82) is 0 Å². The molecule has 0 fully saturated rings. The largest absolute Gasteiger partial charge is 0.290 e. The van der Waals surface area contributed by atoms with E-state index in [-0.39, 0.29) is 16.5 Å². The molecule has 5 nitrogen and oxygen atoms in total. The third-order valence-electron chi connectivity index (χ3n) is 3.28. The topological polar surface area (TPSA) is 75.9 Å². The van der Waals surface area contributed by atoms with Gasteiger partial charge in [-0.05, 0) is 50.6 Å². The Morgan fingerprint density at radius 1 is 1.00 bits per heavy atom. The molecule has 6 heteroatoms. The van der Waals surface area contributed by atoms with Crippen LogP contribution in [0.2, 0.25) is 0 Å². The Labute approximate surface area is 129 Å². The van der Waals surface area contributed by atoms with Crippen molar-refractivity contribution in [3.63, 3.8) is 0 Å². The van der Waals surface area contributed by atoms with E-state index >= 15 is 0 Å². The van der Waals surface area contributed by atoms with Crippen LogP contribution in [0.1, 0.15) is 20.8 Å². The Balaban J connectivity index is 2.37. The Morgan fingerprint density at radius 2 is 1.64 bits per heavy atom. The van der Waals surface area contributed by atoms with Gasteiger partial charge in [0.2, 0.25) is 0 Å². The highest BCUT2D eigenvalue weighted by atomic mass is 32.2. The predicted molar refractivity (Wildman–Crippen MR) is 86.7 cm³/mol. The van der Waals surface area contributed by atoms with Gasteiger partial charge in [0.1, 0.15) is 5.84 Å². The standard InChI is InChI=1S/C16H16N2O3S/c1-11-12(2)16(19)10-9-15(11)17-13(3)18-22(20,21)14-7-5-4-6-8-14/h4-10H,1-3H3. The van der Waals surface area contributed by atoms with E-state index in [1.165, 1.54) is 25.1 Å². The number of amidine groups is 1. The Morgan fingerprint density at radius 3 is 2.27 bits per heavy atom. The maximum atomic E-state index is 12.1. The minimum atomic E-state index is -3.78. The molecule has 0 saturated heterocycles. The third kappa shape index (κ3) is 3.46. The van der Waals surface area contributed by atoms with Crippen LogP contribution in [0.15, 0.2) is 67.9 Å². The van der Waals surface area contributed by atoms with Gasteiger partial charge in [0, 0.05) is 5.57 Å². The number of nitrogens with zero attached hydrogens (tertiary/aromatic N) is 2. The van der Waals surface area contributed by atoms with Gasteiger partial charge < -0.3 is 0 Å². The molecule has 0 aromatic heterocycles. The van der Waals surface area contributed by atoms with E-state index in [9.17, 15) is 13.2 Å². The second-order valence-electron chi connectivity index (χ2n) is 4.87. The molecule has 1 aliphatic carbocycles. The van der Waals surface area contributed by atoms with Gasteiger partial charge in [0.25, 0.3) is 10.0 Å². The molecule has 0 aliphatic heterocycles. The lowest BCUT2D eigenvalue weighted by Crippen LogP contribution is -2.12. The highest BCUT2D eigenvalue weighted by Gasteiger charge is 2.15. The summed E-state index contributed by atoms with van der Waals surface area (Å²) in [6.07, 6.45) is 2.99. The van der Waals surface area contributed by atoms with Crippen LogP contribution in [0.25, 0.3) is 0 Å². The van der Waals surface area contributed by atoms with E-state index in [0.717, 1.165) is 5.57 Å². The molecular weight excluding hydrogens is 300 g/mol. The number of rotatable bonds is 2. The average Bonchev–Trinajstić information content (AvgIpc) is 2.48. The van der Waals surface area contributed by atoms with E-state index in [0.29, 0.717) is 11.3 Å². The Hall–Kier alpha value is -2.34. The molecule has 1 aromatic rings. The van der Waals surface area contributed by atoms with Crippen LogP contribution in [-0.2, 0) is 14.8 Å². The first-order valence-corrected chi connectivity index (χ1v) is 8.11. The first-order valence-electron chi connectivity index (χ1n) is 6.67. The van der Waals surface area contributed by atoms with Gasteiger partial charge in [-0.2, -0.15) is 8.42 Å². The first-order chi connectivity index (χ1) is 10.3. The van der Waals surface area contributed by atoms with Crippen molar-refractivity contribution in [1.82, 2.24) is 0 Å². The van der Waals surface area contributed by atoms with Crippen LogP contribution < -0.4 is 0 Å². The Bertz CT molecular complexity index is 829. The van der Waals surface area contributed by atoms with Gasteiger partial charge in [-0.15, -0.1) is 4.40 Å². The van der Waals surface area contributed by atoms with E-state index < -0.39 is 10.0 Å². The molecule has 0 bridgehead atoms. The minimum Gasteiger partial charge on any atom is -0.290 e. The first kappa shape index (κ1) is 16.0. The van der Waals surface area contributed by atoms with Crippen molar-refractivity contribution in [2.24, 2.45) is 9.39 Å². The third-order valence-corrected chi connectivity index (χ3v) is 4.66. The van der Waals surface area contributed by atoms with E-state index in [1.807, 2.05) is 0 Å². The van der Waals surface area contributed by atoms with Gasteiger partial charge in [-0.25, -0.2) is 4.99 Å². The van der Waals surface area contributed by atoms with Crippen molar-refractivity contribution in [2.75, 3.05) is 0 Å². The number of ketones is 1. The summed E-state index contributed by atoms with van der Waals surface area (Å²) in [4.78, 5) is 15.8. The van der Waals surface area contributed by atoms with Gasteiger partial charge in [0.15, 0.2) is 5.78 Å². The van der Waals surface area contributed by atoms with Crippen molar-refractivity contribution >= 4 is 27.4 Å². The van der Waals surface area contributed by atoms with Gasteiger partial charge in [-0.3, -0.25) is 4.79 Å². The summed E-state index contributed by atoms with van der Waals surface area (Å²) in [7, 11) is -3.78. The molecular formula is C16H16N2O3S. The maximum absolute atomic E-state index is 12.1. The molecule has 114 valence electrons. The van der Waals surface area contributed by atoms with Gasteiger partial charge in [0.05, 0.1) is 10.6 Å². The predicted octanol–water partition coefficient (Wildman–Crippen LogP) is 2.71. The van der Waals surface area contributed by atoms with Crippen LogP contribution in [0.4, 0.5) is 0 Å². The number of sulfonamides is 1. The molecule has 0 unspecified atom stereocenters. The molecule has 0 N–H and O–H groups in total. The van der Waals surface area contributed by atoms with Gasteiger partial charge >= 0.3 is 0 Å². The molecule has 0 atom stereocenters. The smallest absolute Gasteiger partial charge is 0.283 e. The molecule has 22 heavy (non-hydrogen) atoms. The SMILES string of the molecule is CC(=NS(=O)(=O)c1ccccc1)N=C1C=CC(=O)C(C)=C1C. The monoisotopic (exact) mass is 316 g/mol. The molecule has 2 rings (SSSR count). The van der Waals surface area contributed by atoms with E-state index in [1.54, 1.807) is 38.1 Å². The van der Waals surface area contributed by atoms with Crippen LogP contribution >= 0.6 is 0 Å².